The molecule has 5 rings (SSSR count). The summed E-state index contributed by atoms with van der Waals surface area (Å²) in [7, 11) is 4.29. The quantitative estimate of drug-likeness (QED) is 0.0869. The maximum atomic E-state index is 14.4. The number of aliphatic hydroxyl groups excluding tert-OH is 6. The second-order valence-corrected chi connectivity index (χ2v) is 24.3. The Labute approximate surface area is 479 Å². The summed E-state index contributed by atoms with van der Waals surface area (Å²) in [5.74, 6) is -5.05. The van der Waals surface area contributed by atoms with Crippen LogP contribution in [0.1, 0.15) is 129 Å². The van der Waals surface area contributed by atoms with Crippen LogP contribution in [0.5, 0.6) is 0 Å². The first-order chi connectivity index (χ1) is 37.6. The van der Waals surface area contributed by atoms with Gasteiger partial charge in [0, 0.05) is 51.1 Å². The molecular formula is C60H98O21. The number of carbonyl (C=O) groups is 1. The first-order valence-corrected chi connectivity index (χ1v) is 28.4. The van der Waals surface area contributed by atoms with Crippen molar-refractivity contribution in [1.29, 1.82) is 0 Å². The van der Waals surface area contributed by atoms with Gasteiger partial charge in [-0.3, -0.25) is 0 Å². The molecule has 0 bridgehead atoms. The topological polar surface area (TPSA) is 301 Å². The van der Waals surface area contributed by atoms with Crippen LogP contribution in [0.2, 0.25) is 0 Å². The van der Waals surface area contributed by atoms with E-state index in [0.29, 0.717) is 17.6 Å². The van der Waals surface area contributed by atoms with Crippen molar-refractivity contribution in [2.45, 2.75) is 256 Å². The lowest BCUT2D eigenvalue weighted by Gasteiger charge is -2.57. The number of methoxy groups -OCH3 is 3. The minimum Gasteiger partial charge on any atom is -0.497 e. The molecule has 4 fully saturated rings. The number of carbonyl (C=O) groups excluding carboxylic acids is 1. The van der Waals surface area contributed by atoms with Gasteiger partial charge in [-0.15, -0.1) is 0 Å². The Balaban J connectivity index is 1.49. The van der Waals surface area contributed by atoms with Crippen molar-refractivity contribution in [3.05, 3.63) is 70.1 Å². The van der Waals surface area contributed by atoms with Gasteiger partial charge in [-0.2, -0.15) is 0 Å². The van der Waals surface area contributed by atoms with Gasteiger partial charge < -0.3 is 98.1 Å². The number of cyclic esters (lactones) is 1. The first-order valence-electron chi connectivity index (χ1n) is 28.4. The van der Waals surface area contributed by atoms with Crippen molar-refractivity contribution in [2.75, 3.05) is 27.9 Å². The lowest BCUT2D eigenvalue weighted by atomic mass is 9.74. The molecule has 0 aliphatic carbocycles. The van der Waals surface area contributed by atoms with Crippen molar-refractivity contribution >= 4 is 5.97 Å². The van der Waals surface area contributed by atoms with Crippen molar-refractivity contribution in [2.24, 2.45) is 17.8 Å². The van der Waals surface area contributed by atoms with Gasteiger partial charge in [0.15, 0.2) is 18.9 Å². The second-order valence-electron chi connectivity index (χ2n) is 24.3. The van der Waals surface area contributed by atoms with Gasteiger partial charge >= 0.3 is 5.97 Å². The standard InChI is InChI=1S/C60H98O21/c1-30-21-31(2)25-42(61)33(4)27-43(77-55(67)36(7)26-41(72-16)24-32(3)23-35(6)50(34(5)22-30)79-56-49(64)48(63)47(62)38(9)76-56)37(8)60(70)54(73-17)52(66)59(14,44(80-60)19-18-20-71-15)81-46-29-58(13,69)53(40(11)75-46)78-45-28-57(12,68)51(65)39(10)74-45/h21-26,33,35,37-40,42-54,56,61-66,68-70H,18-20,27-29H2,1-17H3/b30-21-,31-25-,32-23-,34-22-,36-26-,41-24+/t33-,35-,37-,38+,39+,40+,42+,43+,44-,45-,46-,47+,48+,49-,50-,51-,52-,53+,54-,56+,57+,58+,59+,60-/m0/s1. The fourth-order valence-electron chi connectivity index (χ4n) is 12.0. The molecule has 5 heterocycles. The molecule has 5 aliphatic heterocycles. The minimum absolute atomic E-state index is 0.0205. The van der Waals surface area contributed by atoms with E-state index in [4.69, 9.17) is 52.1 Å². The van der Waals surface area contributed by atoms with E-state index in [2.05, 4.69) is 0 Å². The van der Waals surface area contributed by atoms with E-state index in [0.717, 1.165) is 11.1 Å². The van der Waals surface area contributed by atoms with E-state index in [1.54, 1.807) is 74.7 Å². The third-order valence-corrected chi connectivity index (χ3v) is 16.8. The summed E-state index contributed by atoms with van der Waals surface area (Å²) >= 11 is 0. The zero-order valence-corrected chi connectivity index (χ0v) is 50.7. The highest BCUT2D eigenvalue weighted by atomic mass is 16.7. The summed E-state index contributed by atoms with van der Waals surface area (Å²) in [5.41, 5.74) is -1.77. The Morgan fingerprint density at radius 2 is 1.32 bits per heavy atom. The smallest absolute Gasteiger partial charge is 0.334 e. The summed E-state index contributed by atoms with van der Waals surface area (Å²) in [6.45, 7) is 24.1. The lowest BCUT2D eigenvalue weighted by Crippen LogP contribution is -2.74. The number of rotatable bonds is 14. The number of ether oxygens (including phenoxy) is 11. The van der Waals surface area contributed by atoms with Crippen LogP contribution in [-0.2, 0) is 56.9 Å². The maximum Gasteiger partial charge on any atom is 0.334 e. The molecule has 4 saturated heterocycles. The van der Waals surface area contributed by atoms with E-state index < -0.39 is 145 Å². The summed E-state index contributed by atoms with van der Waals surface area (Å²) in [6.07, 6.45) is -8.76. The predicted molar refractivity (Wildman–Crippen MR) is 296 cm³/mol. The number of allylic oxidation sites excluding steroid dienone is 7. The van der Waals surface area contributed by atoms with Crippen LogP contribution in [0.3, 0.4) is 0 Å². The summed E-state index contributed by atoms with van der Waals surface area (Å²) < 4.78 is 67.7. The second kappa shape index (κ2) is 28.5. The average Bonchev–Trinajstić information content (AvgIpc) is 3.45. The zero-order valence-electron chi connectivity index (χ0n) is 50.7. The zero-order chi connectivity index (χ0) is 60.9. The van der Waals surface area contributed by atoms with Gasteiger partial charge in [-0.1, -0.05) is 61.8 Å². The largest absolute Gasteiger partial charge is 0.497 e. The highest BCUT2D eigenvalue weighted by molar-refractivity contribution is 5.88. The van der Waals surface area contributed by atoms with Gasteiger partial charge in [-0.25, -0.2) is 4.79 Å². The molecule has 0 aromatic carbocycles. The first kappa shape index (κ1) is 68.8. The van der Waals surface area contributed by atoms with E-state index in [-0.39, 0.29) is 49.5 Å². The van der Waals surface area contributed by atoms with Crippen molar-refractivity contribution < 1.29 is 103 Å². The molecule has 0 spiro atoms. The predicted octanol–water partition coefficient (Wildman–Crippen LogP) is 4.23. The van der Waals surface area contributed by atoms with Crippen molar-refractivity contribution in [1.82, 2.24) is 0 Å². The monoisotopic (exact) mass is 1150 g/mol. The van der Waals surface area contributed by atoms with Gasteiger partial charge in [0.05, 0.1) is 54.9 Å². The normalized spacial score (nSPS) is 48.2. The Bertz CT molecular complexity index is 2270. The molecule has 0 unspecified atom stereocenters. The average molecular weight is 1160 g/mol. The van der Waals surface area contributed by atoms with Gasteiger partial charge in [0.1, 0.15) is 60.2 Å². The molecule has 5 aliphatic rings. The van der Waals surface area contributed by atoms with Crippen LogP contribution >= 0.6 is 0 Å². The maximum absolute atomic E-state index is 14.4. The fourth-order valence-corrected chi connectivity index (χ4v) is 12.0. The Morgan fingerprint density at radius 3 is 1.93 bits per heavy atom. The van der Waals surface area contributed by atoms with Crippen molar-refractivity contribution in [3.8, 4) is 0 Å². The summed E-state index contributed by atoms with van der Waals surface area (Å²) in [6, 6.07) is 0. The van der Waals surface area contributed by atoms with E-state index in [9.17, 15) is 50.8 Å². The third-order valence-electron chi connectivity index (χ3n) is 16.8. The van der Waals surface area contributed by atoms with Crippen LogP contribution < -0.4 is 0 Å². The number of esters is 1. The summed E-state index contributed by atoms with van der Waals surface area (Å²) in [5, 5.41) is 103. The van der Waals surface area contributed by atoms with Gasteiger partial charge in [0.25, 0.3) is 0 Å². The molecule has 9 N–H and O–H groups in total. The van der Waals surface area contributed by atoms with E-state index >= 15 is 0 Å². The van der Waals surface area contributed by atoms with E-state index in [1.165, 1.54) is 27.2 Å². The van der Waals surface area contributed by atoms with Crippen LogP contribution in [-0.4, -0.2) is 207 Å². The molecule has 0 aromatic heterocycles. The molecule has 464 valence electrons. The SMILES string of the molecule is COCCC[C@@H]1O[C@@](O)([C@@H](C)[C@H]2C[C@H](C)[C@H](O)\C=C(C)/C=C(C)\C=C(\C)[C@H](O[C@H]3O[C@H](C)[C@@H](O)[C@@H](O)[C@@H]3O)[C@@H](C)\C=C(C)/C=C(OC)\C=C(\C)C(=O)O2)[C@@H](OC)[C@H](O)[C@]1(C)O[C@H]1C[C@@](C)(O)[C@H](O[C@H]2C[C@@](C)(O)[C@@H](O)[C@@H](C)O2)[C@@H](C)O1. The van der Waals surface area contributed by atoms with E-state index in [1.807, 2.05) is 52.8 Å². The number of aliphatic hydroxyl groups is 9. The Morgan fingerprint density at radius 1 is 0.691 bits per heavy atom. The molecule has 81 heavy (non-hydrogen) atoms. The Kier molecular flexibility index (Phi) is 24.2. The van der Waals surface area contributed by atoms with Crippen LogP contribution in [0, 0.1) is 17.8 Å². The highest BCUT2D eigenvalue weighted by Gasteiger charge is 2.65. The minimum atomic E-state index is -2.39. The highest BCUT2D eigenvalue weighted by Crippen LogP contribution is 2.48. The number of hydrogen-bond acceptors (Lipinski definition) is 21. The molecule has 0 saturated carbocycles. The third kappa shape index (κ3) is 16.5. The van der Waals surface area contributed by atoms with Gasteiger partial charge in [0.2, 0.25) is 5.79 Å². The van der Waals surface area contributed by atoms with Crippen molar-refractivity contribution in [3.63, 3.8) is 0 Å². The molecule has 0 aromatic rings. The molecule has 21 heteroatoms. The van der Waals surface area contributed by atoms with Crippen LogP contribution in [0.4, 0.5) is 0 Å². The molecule has 0 radical (unpaired) electrons. The number of hydrogen-bond donors (Lipinski definition) is 9. The molecular weight excluding hydrogens is 1060 g/mol. The van der Waals surface area contributed by atoms with Crippen LogP contribution in [0.25, 0.3) is 0 Å². The molecule has 21 nitrogen and oxygen atoms in total. The lowest BCUT2D eigenvalue weighted by molar-refractivity contribution is -0.419. The fraction of sp³-hybridized carbons (Fsp3) is 0.783. The van der Waals surface area contributed by atoms with Gasteiger partial charge in [-0.05, 0) is 119 Å². The summed E-state index contributed by atoms with van der Waals surface area (Å²) in [4.78, 5) is 14.4. The Hall–Kier alpha value is -3.01. The molecule has 24 atom stereocenters. The molecule has 0 amide bonds. The van der Waals surface area contributed by atoms with Crippen LogP contribution in [0.15, 0.2) is 70.1 Å².